The molecule has 3 heteroatoms. The normalized spacial score (nSPS) is 30.7. The fourth-order valence-electron chi connectivity index (χ4n) is 0.921. The van der Waals surface area contributed by atoms with Crippen molar-refractivity contribution in [2.75, 3.05) is 6.61 Å². The van der Waals surface area contributed by atoms with E-state index in [4.69, 9.17) is 16.3 Å². The van der Waals surface area contributed by atoms with Gasteiger partial charge < -0.3 is 4.74 Å². The third kappa shape index (κ3) is 2.17. The zero-order valence-corrected chi connectivity index (χ0v) is 7.60. The average molecular weight is 177 g/mol. The summed E-state index contributed by atoms with van der Waals surface area (Å²) in [5.41, 5.74) is 0. The standard InChI is InChI=1S/C8H13ClO2/c1-5(2)4-11-7-3-6(10)8(7)9/h5,7-8H,3-4H2,1-2H3/t7-,8-/m1/s1. The van der Waals surface area contributed by atoms with Crippen LogP contribution in [0.5, 0.6) is 0 Å². The van der Waals surface area contributed by atoms with Crippen LogP contribution in [-0.2, 0) is 9.53 Å². The smallest absolute Gasteiger partial charge is 0.156 e. The maximum absolute atomic E-state index is 10.7. The maximum atomic E-state index is 10.7. The first-order chi connectivity index (χ1) is 5.11. The van der Waals surface area contributed by atoms with Crippen LogP contribution in [0.3, 0.4) is 0 Å². The second-order valence-electron chi connectivity index (χ2n) is 3.34. The first-order valence-corrected chi connectivity index (χ1v) is 4.33. The monoisotopic (exact) mass is 176 g/mol. The minimum atomic E-state index is -0.381. The van der Waals surface area contributed by atoms with E-state index in [9.17, 15) is 4.79 Å². The lowest BCUT2D eigenvalue weighted by Gasteiger charge is -2.30. The van der Waals surface area contributed by atoms with Gasteiger partial charge in [-0.05, 0) is 5.92 Å². The van der Waals surface area contributed by atoms with E-state index in [1.165, 1.54) is 0 Å². The molecule has 0 aromatic carbocycles. The Morgan fingerprint density at radius 3 is 2.73 bits per heavy atom. The molecule has 0 aromatic rings. The minimum absolute atomic E-state index is 0.0217. The van der Waals surface area contributed by atoms with Gasteiger partial charge in [0, 0.05) is 13.0 Å². The third-order valence-corrected chi connectivity index (χ3v) is 2.20. The van der Waals surface area contributed by atoms with Gasteiger partial charge in [-0.25, -0.2) is 0 Å². The van der Waals surface area contributed by atoms with Crippen molar-refractivity contribution >= 4 is 17.4 Å². The van der Waals surface area contributed by atoms with Crippen molar-refractivity contribution < 1.29 is 9.53 Å². The van der Waals surface area contributed by atoms with Crippen molar-refractivity contribution in [2.45, 2.75) is 31.7 Å². The number of ether oxygens (including phenoxy) is 1. The quantitative estimate of drug-likeness (QED) is 0.611. The minimum Gasteiger partial charge on any atom is -0.375 e. The van der Waals surface area contributed by atoms with E-state index in [0.717, 1.165) is 0 Å². The molecule has 2 nitrogen and oxygen atoms in total. The van der Waals surface area contributed by atoms with Crippen LogP contribution in [0.1, 0.15) is 20.3 Å². The molecule has 1 aliphatic rings. The molecule has 64 valence electrons. The van der Waals surface area contributed by atoms with E-state index < -0.39 is 0 Å². The van der Waals surface area contributed by atoms with Crippen molar-refractivity contribution in [1.82, 2.24) is 0 Å². The van der Waals surface area contributed by atoms with Gasteiger partial charge in [0.15, 0.2) is 5.78 Å². The molecule has 0 amide bonds. The van der Waals surface area contributed by atoms with Gasteiger partial charge in [-0.1, -0.05) is 13.8 Å². The van der Waals surface area contributed by atoms with Crippen LogP contribution in [-0.4, -0.2) is 23.9 Å². The zero-order chi connectivity index (χ0) is 8.43. The van der Waals surface area contributed by atoms with E-state index in [-0.39, 0.29) is 17.3 Å². The summed E-state index contributed by atoms with van der Waals surface area (Å²) >= 11 is 5.67. The van der Waals surface area contributed by atoms with Crippen LogP contribution < -0.4 is 0 Å². The highest BCUT2D eigenvalue weighted by atomic mass is 35.5. The van der Waals surface area contributed by atoms with Crippen molar-refractivity contribution in [2.24, 2.45) is 5.92 Å². The molecule has 0 bridgehead atoms. The number of halogens is 1. The fraction of sp³-hybridized carbons (Fsp3) is 0.875. The van der Waals surface area contributed by atoms with Crippen molar-refractivity contribution in [3.05, 3.63) is 0 Å². The Morgan fingerprint density at radius 1 is 1.73 bits per heavy atom. The lowest BCUT2D eigenvalue weighted by molar-refractivity contribution is -0.134. The Labute approximate surface area is 71.9 Å². The van der Waals surface area contributed by atoms with Crippen LogP contribution in [0.15, 0.2) is 0 Å². The van der Waals surface area contributed by atoms with Gasteiger partial charge in [0.2, 0.25) is 0 Å². The predicted molar refractivity (Wildman–Crippen MR) is 43.8 cm³/mol. The number of rotatable bonds is 3. The summed E-state index contributed by atoms with van der Waals surface area (Å²) < 4.78 is 5.37. The molecular weight excluding hydrogens is 164 g/mol. The number of hydrogen-bond donors (Lipinski definition) is 0. The van der Waals surface area contributed by atoms with Crippen molar-refractivity contribution in [1.29, 1.82) is 0 Å². The number of hydrogen-bond acceptors (Lipinski definition) is 2. The van der Waals surface area contributed by atoms with Gasteiger partial charge in [-0.3, -0.25) is 4.79 Å². The summed E-state index contributed by atoms with van der Waals surface area (Å²) in [5, 5.41) is -0.381. The molecule has 0 spiro atoms. The van der Waals surface area contributed by atoms with Crippen molar-refractivity contribution in [3.63, 3.8) is 0 Å². The van der Waals surface area contributed by atoms with E-state index in [1.807, 2.05) is 0 Å². The van der Waals surface area contributed by atoms with Crippen LogP contribution in [0.25, 0.3) is 0 Å². The molecule has 0 aromatic heterocycles. The SMILES string of the molecule is CC(C)CO[C@@H]1CC(=O)[C@H]1Cl. The molecule has 0 aliphatic heterocycles. The number of alkyl halides is 1. The Morgan fingerprint density at radius 2 is 2.36 bits per heavy atom. The molecule has 1 saturated carbocycles. The highest BCUT2D eigenvalue weighted by Crippen LogP contribution is 2.25. The van der Waals surface area contributed by atoms with Crippen LogP contribution >= 0.6 is 11.6 Å². The van der Waals surface area contributed by atoms with Crippen LogP contribution in [0.2, 0.25) is 0 Å². The summed E-state index contributed by atoms with van der Waals surface area (Å²) in [6.07, 6.45) is 0.479. The number of ketones is 1. The van der Waals surface area contributed by atoms with Gasteiger partial charge in [-0.2, -0.15) is 0 Å². The Balaban J connectivity index is 2.15. The Bertz CT molecular complexity index is 156. The van der Waals surface area contributed by atoms with E-state index >= 15 is 0 Å². The van der Waals surface area contributed by atoms with Gasteiger partial charge in [0.1, 0.15) is 5.38 Å². The van der Waals surface area contributed by atoms with Gasteiger partial charge in [0.05, 0.1) is 6.10 Å². The fourth-order valence-corrected chi connectivity index (χ4v) is 1.17. The highest BCUT2D eigenvalue weighted by Gasteiger charge is 2.38. The molecule has 1 aliphatic carbocycles. The first-order valence-electron chi connectivity index (χ1n) is 3.89. The molecule has 0 saturated heterocycles. The molecule has 0 unspecified atom stereocenters. The summed E-state index contributed by atoms with van der Waals surface area (Å²) in [4.78, 5) is 10.7. The molecule has 1 rings (SSSR count). The maximum Gasteiger partial charge on any atom is 0.156 e. The lowest BCUT2D eigenvalue weighted by atomic mass is 9.93. The Hall–Kier alpha value is -0.0800. The number of carbonyl (C=O) groups is 1. The largest absolute Gasteiger partial charge is 0.375 e. The third-order valence-electron chi connectivity index (χ3n) is 1.68. The summed E-state index contributed by atoms with van der Waals surface area (Å²) in [7, 11) is 0. The highest BCUT2D eigenvalue weighted by molar-refractivity contribution is 6.34. The summed E-state index contributed by atoms with van der Waals surface area (Å²) in [6.45, 7) is 4.84. The molecule has 0 heterocycles. The lowest BCUT2D eigenvalue weighted by Crippen LogP contribution is -2.45. The first kappa shape index (κ1) is 9.01. The van der Waals surface area contributed by atoms with E-state index in [0.29, 0.717) is 18.9 Å². The molecule has 1 fully saturated rings. The average Bonchev–Trinajstić information content (AvgIpc) is 1.96. The molecule has 0 radical (unpaired) electrons. The number of Topliss-reactive ketones (excluding diaryl/α,β-unsaturated/α-hetero) is 1. The van der Waals surface area contributed by atoms with Crippen LogP contribution in [0, 0.1) is 5.92 Å². The summed E-state index contributed by atoms with van der Waals surface area (Å²) in [6, 6.07) is 0. The van der Waals surface area contributed by atoms with Gasteiger partial charge >= 0.3 is 0 Å². The van der Waals surface area contributed by atoms with E-state index in [1.54, 1.807) is 0 Å². The van der Waals surface area contributed by atoms with Crippen molar-refractivity contribution in [3.8, 4) is 0 Å². The van der Waals surface area contributed by atoms with Crippen LogP contribution in [0.4, 0.5) is 0 Å². The molecule has 11 heavy (non-hydrogen) atoms. The van der Waals surface area contributed by atoms with Gasteiger partial charge in [-0.15, -0.1) is 11.6 Å². The summed E-state index contributed by atoms with van der Waals surface area (Å²) in [5.74, 6) is 0.620. The molecule has 0 N–H and O–H groups in total. The molecule has 2 atom stereocenters. The second kappa shape index (κ2) is 3.55. The second-order valence-corrected chi connectivity index (χ2v) is 3.81. The Kier molecular flexibility index (Phi) is 2.90. The topological polar surface area (TPSA) is 26.3 Å². The number of carbonyl (C=O) groups excluding carboxylic acids is 1. The van der Waals surface area contributed by atoms with Gasteiger partial charge in [0.25, 0.3) is 0 Å². The zero-order valence-electron chi connectivity index (χ0n) is 6.84. The predicted octanol–water partition coefficient (Wildman–Crippen LogP) is 1.61. The van der Waals surface area contributed by atoms with E-state index in [2.05, 4.69) is 13.8 Å². The molecular formula is C8H13ClO2.